The maximum atomic E-state index is 12.6. The number of hydrogen-bond acceptors (Lipinski definition) is 24. The number of rotatable bonds is 15. The quantitative estimate of drug-likeness (QED) is 0.00866. The van der Waals surface area contributed by atoms with Crippen LogP contribution < -0.4 is 42.5 Å². The fraction of sp³-hybridized carbons (Fsp3) is 0.108. The van der Waals surface area contributed by atoms with Crippen LogP contribution in [0.25, 0.3) is 60.1 Å². The Labute approximate surface area is 698 Å². The number of anilines is 5. The van der Waals surface area contributed by atoms with Crippen molar-refractivity contribution in [2.24, 2.45) is 4.99 Å². The predicted molar refractivity (Wildman–Crippen MR) is 453 cm³/mol. The van der Waals surface area contributed by atoms with Crippen molar-refractivity contribution in [1.29, 1.82) is 0 Å². The van der Waals surface area contributed by atoms with Gasteiger partial charge in [0.25, 0.3) is 23.1 Å². The fourth-order valence-corrected chi connectivity index (χ4v) is 14.6. The van der Waals surface area contributed by atoms with Crippen LogP contribution in [0.15, 0.2) is 222 Å². The van der Waals surface area contributed by atoms with Crippen molar-refractivity contribution >= 4 is 199 Å². The summed E-state index contributed by atoms with van der Waals surface area (Å²) >= 11 is 20.0. The van der Waals surface area contributed by atoms with Gasteiger partial charge in [-0.05, 0) is 122 Å². The van der Waals surface area contributed by atoms with Gasteiger partial charge in [0.05, 0.1) is 72.7 Å². The van der Waals surface area contributed by atoms with E-state index in [1.54, 1.807) is 70.8 Å². The van der Waals surface area contributed by atoms with Crippen LogP contribution in [0.5, 0.6) is 23.0 Å². The van der Waals surface area contributed by atoms with Crippen LogP contribution in [-0.2, 0) is 31.9 Å². The van der Waals surface area contributed by atoms with Crippen molar-refractivity contribution in [2.45, 2.75) is 45.3 Å². The minimum absolute atomic E-state index is 0.0362. The van der Waals surface area contributed by atoms with Crippen molar-refractivity contribution in [2.75, 3.05) is 34.9 Å². The monoisotopic (exact) mass is 1720 g/mol. The number of thiocarbonyl (C=S) groups is 1. The summed E-state index contributed by atoms with van der Waals surface area (Å²) in [6.45, 7) is 7.94. The summed E-state index contributed by atoms with van der Waals surface area (Å²) in [5.74, 6) is -2.32. The zero-order valence-electron chi connectivity index (χ0n) is 62.4. The molecule has 13 aromatic rings. The van der Waals surface area contributed by atoms with E-state index in [2.05, 4.69) is 59.2 Å². The van der Waals surface area contributed by atoms with E-state index in [-0.39, 0.29) is 114 Å². The molecular weight excluding hydrogens is 1660 g/mol. The topological polar surface area (TPSA) is 431 Å². The number of ether oxygens (including phenoxy) is 1. The molecule has 0 aliphatic carbocycles. The van der Waals surface area contributed by atoms with E-state index in [1.807, 2.05) is 62.0 Å². The highest BCUT2D eigenvalue weighted by atomic mass is 35.5. The summed E-state index contributed by atoms with van der Waals surface area (Å²) in [5.41, 5.74) is 8.71. The molecule has 0 bridgehead atoms. The lowest BCUT2D eigenvalue weighted by molar-refractivity contribution is -0.384. The number of aryl methyl sites for hydroxylation is 2. The van der Waals surface area contributed by atoms with Gasteiger partial charge in [-0.2, -0.15) is 22.8 Å². The van der Waals surface area contributed by atoms with Gasteiger partial charge in [0.2, 0.25) is 11.9 Å². The standard InChI is InChI=1S/C19H16ClN5O4.C19H15NO3S2.C16H10O7.C14H10ClF3N2O.C14H11N3OS.CO2/c1-3-6-21-17(26)13-8-12(25(28)29)9-14-16(13)23-19(24-18(14)27)22-11-4-5-15(20)10(2)7-11;1-12-3-2-4-14(9-12)11-20-17(21)16(25-19(20)24)10-13-5-7-15(8-6-13)18(22)23;1-21-6-2-10(19)14-12(3-6)23-16(20)13-7-4-8(17)9(18)5-11(7)22-15(13)14;15-10-4-2-6-12(8-10)20-13(21)19-11-5-1-3-9(7-11)14(16,17)18;18-14-9(6-8-2-1-5-15-8)12-10(17-14)3-4-11-13(12)19-7-16-11;2-1-3/h3-5,7-9H,1,6H2,2H3,(H,21,26)(H2,22,23,24,27);2-10H,11H2,1H3,(H,22,23);2-5,17-19H,1H3;1-8H,(H2,19,20,21);2-5,7,9H,1,6H2,(H,17,18);/b;16-10+;;;;. The highest BCUT2D eigenvalue weighted by Gasteiger charge is 2.35. The van der Waals surface area contributed by atoms with E-state index < -0.39 is 51.5 Å². The van der Waals surface area contributed by atoms with Crippen molar-refractivity contribution in [3.63, 3.8) is 0 Å². The van der Waals surface area contributed by atoms with Crippen LogP contribution in [0.1, 0.15) is 72.9 Å². The molecule has 7 heterocycles. The number of aliphatic imine (C=N–C) groups is 1. The van der Waals surface area contributed by atoms with E-state index >= 15 is 0 Å². The van der Waals surface area contributed by atoms with Crippen LogP contribution in [0.4, 0.5) is 52.4 Å². The number of nitrogens with zero attached hydrogens (tertiary/aromatic N) is 5. The van der Waals surface area contributed by atoms with Gasteiger partial charge >= 0.3 is 30.0 Å². The lowest BCUT2D eigenvalue weighted by atomic mass is 9.95. The number of hydrogen-bond donors (Lipinski definition) is 10. The molecule has 0 saturated carbocycles. The number of nitro benzene ring substituents is 1. The average Bonchev–Trinajstić information content (AvgIpc) is 1.56. The molecular formula is C83H62Cl2F3N11O18S3. The number of phenols is 3. The molecule has 1 fully saturated rings. The van der Waals surface area contributed by atoms with E-state index in [0.29, 0.717) is 49.4 Å². The van der Waals surface area contributed by atoms with Gasteiger partial charge in [-0.15, -0.1) is 17.9 Å². The number of alkyl halides is 3. The molecule has 16 rings (SSSR count). The summed E-state index contributed by atoms with van der Waals surface area (Å²) in [5, 5.41) is 64.3. The Morgan fingerprint density at radius 1 is 0.833 bits per heavy atom. The molecule has 37 heteroatoms. The number of nitrogens with one attached hydrogen (secondary N) is 6. The molecule has 610 valence electrons. The lowest BCUT2D eigenvalue weighted by Crippen LogP contribution is -2.27. The highest BCUT2D eigenvalue weighted by molar-refractivity contribution is 8.26. The average molecular weight is 1730 g/mol. The Hall–Kier alpha value is -14.4. The Kier molecular flexibility index (Phi) is 27.5. The first-order valence-corrected chi connectivity index (χ1v) is 38.0. The van der Waals surface area contributed by atoms with Gasteiger partial charge in [0.15, 0.2) is 17.1 Å². The molecule has 3 aliphatic rings. The largest absolute Gasteiger partial charge is 0.507 e. The van der Waals surface area contributed by atoms with E-state index in [4.69, 9.17) is 63.7 Å². The second kappa shape index (κ2) is 38.2. The van der Waals surface area contributed by atoms with Gasteiger partial charge in [0.1, 0.15) is 37.8 Å². The molecule has 29 nitrogen and oxygen atoms in total. The van der Waals surface area contributed by atoms with Gasteiger partial charge < -0.3 is 60.6 Å². The summed E-state index contributed by atoms with van der Waals surface area (Å²) in [6, 6.07) is 40.9. The zero-order valence-corrected chi connectivity index (χ0v) is 66.4. The molecule has 10 N–H and O–H groups in total. The number of aromatic nitrogens is 3. The Balaban J connectivity index is 0.000000146. The molecule has 4 aromatic heterocycles. The minimum Gasteiger partial charge on any atom is -0.507 e. The molecule has 5 amide bonds. The smallest absolute Gasteiger partial charge is 0.416 e. The first-order valence-electron chi connectivity index (χ1n) is 35.1. The molecule has 1 saturated heterocycles. The van der Waals surface area contributed by atoms with E-state index in [9.17, 15) is 72.2 Å². The number of nitro groups is 1. The van der Waals surface area contributed by atoms with E-state index in [1.165, 1.54) is 79.5 Å². The number of H-pyrrole nitrogens is 1. The maximum absolute atomic E-state index is 12.6. The van der Waals surface area contributed by atoms with Gasteiger partial charge in [-0.3, -0.25) is 44.2 Å². The molecule has 9 aromatic carbocycles. The number of urea groups is 1. The van der Waals surface area contributed by atoms with Crippen LogP contribution in [-0.4, -0.2) is 105 Å². The normalized spacial score (nSPS) is 13.3. The number of aromatic amines is 1. The Bertz CT molecular complexity index is 6550. The summed E-state index contributed by atoms with van der Waals surface area (Å²) in [7, 11) is 1.42. The molecule has 1 unspecified atom stereocenters. The molecule has 3 aliphatic heterocycles. The molecule has 0 spiro atoms. The number of amides is 5. The third-order valence-corrected chi connectivity index (χ3v) is 20.6. The maximum Gasteiger partial charge on any atom is 0.416 e. The van der Waals surface area contributed by atoms with E-state index in [0.717, 1.165) is 80.1 Å². The second-order valence-corrected chi connectivity index (χ2v) is 29.2. The van der Waals surface area contributed by atoms with Crippen LogP contribution in [0.3, 0.4) is 0 Å². The number of thiazole rings is 1. The van der Waals surface area contributed by atoms with Crippen molar-refractivity contribution in [1.82, 2.24) is 25.2 Å². The van der Waals surface area contributed by atoms with Gasteiger partial charge in [0, 0.05) is 105 Å². The second-order valence-electron chi connectivity index (χ2n) is 25.9. The Morgan fingerprint density at radius 3 is 2.22 bits per heavy atom. The Morgan fingerprint density at radius 2 is 1.55 bits per heavy atom. The summed E-state index contributed by atoms with van der Waals surface area (Å²) in [4.78, 5) is 129. The number of carboxylic acids is 1. The highest BCUT2D eigenvalue weighted by Crippen LogP contribution is 2.45. The number of carboxylic acid groups (broad SMARTS) is 1. The molecule has 120 heavy (non-hydrogen) atoms. The number of aromatic hydroxyl groups is 3. The third-order valence-electron chi connectivity index (χ3n) is 17.7. The zero-order chi connectivity index (χ0) is 86.4. The number of fused-ring (bicyclic) bond motifs is 9. The van der Waals surface area contributed by atoms with Crippen LogP contribution >= 0.6 is 58.5 Å². The first kappa shape index (κ1) is 86.5. The number of halogens is 5. The number of phenolic OH excluding ortho intramolecular Hbond substituents is 3. The minimum atomic E-state index is -4.46. The molecule has 0 radical (unpaired) electrons. The lowest BCUT2D eigenvalue weighted by Gasteiger charge is -2.14. The summed E-state index contributed by atoms with van der Waals surface area (Å²) < 4.78 is 55.2. The number of allylic oxidation sites excluding steroid dienone is 2. The van der Waals surface area contributed by atoms with Gasteiger partial charge in [-0.1, -0.05) is 113 Å². The number of carbonyl (C=O) groups excluding carboxylic acids is 6. The van der Waals surface area contributed by atoms with Crippen molar-refractivity contribution < 1.29 is 85.7 Å². The third kappa shape index (κ3) is 20.9. The fourth-order valence-electron chi connectivity index (χ4n) is 12.2. The van der Waals surface area contributed by atoms with Crippen LogP contribution in [0, 0.1) is 24.0 Å². The van der Waals surface area contributed by atoms with Crippen LogP contribution in [0.2, 0.25) is 10.0 Å². The number of methoxy groups -OCH3 is 1. The first-order chi connectivity index (χ1) is 57.3. The number of furan rings is 1. The van der Waals surface area contributed by atoms with Gasteiger partial charge in [-0.25, -0.2) is 24.4 Å². The van der Waals surface area contributed by atoms with Crippen molar-refractivity contribution in [3.8, 4) is 23.0 Å². The number of benzene rings is 9. The number of non-ortho nitro benzene ring substituents is 1. The predicted octanol–water partition coefficient (Wildman–Crippen LogP) is 17.9. The summed E-state index contributed by atoms with van der Waals surface area (Å²) in [6.07, 6.45) is 4.51. The number of aromatic carboxylic acids is 1. The molecule has 1 atom stereocenters. The number of thioether (sulfide) groups is 1. The number of carbonyl (C=O) groups is 5. The van der Waals surface area contributed by atoms with Crippen molar-refractivity contribution in [3.05, 3.63) is 284 Å². The SMILES string of the molecule is C=CCNC(=O)c1cc([N+](=O)[O-])cc2c(=O)[nH]c(Nc3ccc(Cl)c(C)c3)nc12.COc1cc(O)c2c(c1)oc(=O)c1c3cc(O)c(O)cc3oc21.Cc1cccc(CN2C(=O)/C(=C\c3ccc(C(=O)O)cc3)SC2=S)c1.O=C(Nc1cccc(Cl)c1)Nc1cccc(C(F)(F)F)c1.O=C1Nc2ccc3ncsc3c2C1CC1=CCC=N1.O=C=O.